The Morgan fingerprint density at radius 3 is 2.27 bits per heavy atom. The zero-order valence-electron chi connectivity index (χ0n) is 9.63. The average Bonchev–Trinajstić information content (AvgIpc) is 2.19. The summed E-state index contributed by atoms with van der Waals surface area (Å²) in [6.07, 6.45) is 4.91. The number of rotatable bonds is 4. The lowest BCUT2D eigenvalue weighted by molar-refractivity contribution is 0.267. The van der Waals surface area contributed by atoms with Crippen LogP contribution < -0.4 is 0 Å². The normalized spacial score (nSPS) is 23.7. The van der Waals surface area contributed by atoms with Crippen LogP contribution in [0.2, 0.25) is 0 Å². The zero-order valence-corrected chi connectivity index (χ0v) is 10.4. The molecular weight excluding hydrogens is 215 g/mol. The highest BCUT2D eigenvalue weighted by molar-refractivity contribution is 7.93. The van der Waals surface area contributed by atoms with Gasteiger partial charge in [0.15, 0.2) is 9.84 Å². The third kappa shape index (κ3) is 2.71. The lowest BCUT2D eigenvalue weighted by Gasteiger charge is -2.29. The lowest BCUT2D eigenvalue weighted by atomic mass is 10.0. The van der Waals surface area contributed by atoms with Gasteiger partial charge in [0, 0.05) is 0 Å². The van der Waals surface area contributed by atoms with Crippen LogP contribution in [0, 0.1) is 0 Å². The van der Waals surface area contributed by atoms with E-state index in [9.17, 15) is 12.8 Å². The first kappa shape index (κ1) is 12.9. The van der Waals surface area contributed by atoms with Gasteiger partial charge in [-0.3, -0.25) is 0 Å². The maximum atomic E-state index is 14.1. The molecule has 0 saturated heterocycles. The predicted octanol–water partition coefficient (Wildman–Crippen LogP) is 3.22. The summed E-state index contributed by atoms with van der Waals surface area (Å²) < 4.78 is 38.1. The van der Waals surface area contributed by atoms with Gasteiger partial charge in [0.05, 0.1) is 5.25 Å². The quantitative estimate of drug-likeness (QED) is 0.751. The van der Waals surface area contributed by atoms with Crippen molar-refractivity contribution in [1.29, 1.82) is 0 Å². The second-order valence-electron chi connectivity index (χ2n) is 4.66. The van der Waals surface area contributed by atoms with Crippen LogP contribution in [0.1, 0.15) is 58.8 Å². The summed E-state index contributed by atoms with van der Waals surface area (Å²) in [4.78, 5) is 0. The highest BCUT2D eigenvalue weighted by atomic mass is 32.2. The Labute approximate surface area is 92.2 Å². The molecular formula is C11H21FO2S. The first-order valence-electron chi connectivity index (χ1n) is 5.84. The third-order valence-electron chi connectivity index (χ3n) is 3.28. The van der Waals surface area contributed by atoms with E-state index >= 15 is 0 Å². The Morgan fingerprint density at radius 1 is 1.27 bits per heavy atom. The molecule has 4 heteroatoms. The topological polar surface area (TPSA) is 34.1 Å². The fraction of sp³-hybridized carbons (Fsp3) is 1.00. The summed E-state index contributed by atoms with van der Waals surface area (Å²) in [6, 6.07) is 0. The smallest absolute Gasteiger partial charge is 0.208 e. The van der Waals surface area contributed by atoms with Crippen molar-refractivity contribution in [3.8, 4) is 0 Å². The summed E-state index contributed by atoms with van der Waals surface area (Å²) >= 11 is 0. The SMILES string of the molecule is CCCC(C)(F)S(=O)(=O)C1CCCCC1. The molecule has 0 spiro atoms. The number of alkyl halides is 1. The number of hydrogen-bond donors (Lipinski definition) is 0. The van der Waals surface area contributed by atoms with Gasteiger partial charge >= 0.3 is 0 Å². The Kier molecular flexibility index (Phi) is 4.15. The molecule has 0 N–H and O–H groups in total. The molecule has 0 aromatic carbocycles. The minimum absolute atomic E-state index is 0.117. The van der Waals surface area contributed by atoms with Crippen molar-refractivity contribution in [3.05, 3.63) is 0 Å². The minimum Gasteiger partial charge on any atom is -0.227 e. The fourth-order valence-corrected chi connectivity index (χ4v) is 4.45. The van der Waals surface area contributed by atoms with Gasteiger partial charge in [0.25, 0.3) is 0 Å². The molecule has 0 bridgehead atoms. The van der Waals surface area contributed by atoms with E-state index < -0.39 is 20.1 Å². The number of sulfone groups is 1. The molecule has 0 aliphatic heterocycles. The lowest BCUT2D eigenvalue weighted by Crippen LogP contribution is -2.39. The van der Waals surface area contributed by atoms with Crippen molar-refractivity contribution in [2.45, 2.75) is 69.0 Å². The van der Waals surface area contributed by atoms with Crippen LogP contribution in [-0.4, -0.2) is 18.7 Å². The number of hydrogen-bond acceptors (Lipinski definition) is 2. The van der Waals surface area contributed by atoms with E-state index in [2.05, 4.69) is 0 Å². The Bertz CT molecular complexity index is 290. The monoisotopic (exact) mass is 236 g/mol. The first-order valence-corrected chi connectivity index (χ1v) is 7.39. The van der Waals surface area contributed by atoms with Gasteiger partial charge in [-0.2, -0.15) is 0 Å². The second-order valence-corrected chi connectivity index (χ2v) is 7.26. The van der Waals surface area contributed by atoms with E-state index in [-0.39, 0.29) is 6.42 Å². The van der Waals surface area contributed by atoms with Crippen LogP contribution >= 0.6 is 0 Å². The van der Waals surface area contributed by atoms with Crippen molar-refractivity contribution in [3.63, 3.8) is 0 Å². The highest BCUT2D eigenvalue weighted by Gasteiger charge is 2.43. The molecule has 1 saturated carbocycles. The largest absolute Gasteiger partial charge is 0.227 e. The third-order valence-corrected chi connectivity index (χ3v) is 6.02. The van der Waals surface area contributed by atoms with E-state index in [1.54, 1.807) is 0 Å². The molecule has 1 rings (SSSR count). The van der Waals surface area contributed by atoms with Crippen LogP contribution in [0.4, 0.5) is 4.39 Å². The number of halogens is 1. The van der Waals surface area contributed by atoms with Crippen LogP contribution in [0.25, 0.3) is 0 Å². The van der Waals surface area contributed by atoms with Crippen molar-refractivity contribution in [1.82, 2.24) is 0 Å². The van der Waals surface area contributed by atoms with Crippen LogP contribution in [0.3, 0.4) is 0 Å². The van der Waals surface area contributed by atoms with Gasteiger partial charge in [-0.05, 0) is 26.2 Å². The molecule has 90 valence electrons. The first-order chi connectivity index (χ1) is 6.92. The Morgan fingerprint density at radius 2 is 1.80 bits per heavy atom. The molecule has 0 aromatic heterocycles. The summed E-state index contributed by atoms with van der Waals surface area (Å²) in [6.45, 7) is 3.04. The van der Waals surface area contributed by atoms with Crippen LogP contribution in [-0.2, 0) is 9.84 Å². The van der Waals surface area contributed by atoms with Crippen molar-refractivity contribution in [2.75, 3.05) is 0 Å². The molecule has 1 aliphatic carbocycles. The predicted molar refractivity (Wildman–Crippen MR) is 60.2 cm³/mol. The molecule has 0 heterocycles. The van der Waals surface area contributed by atoms with Gasteiger partial charge in [-0.15, -0.1) is 0 Å². The molecule has 0 radical (unpaired) electrons. The van der Waals surface area contributed by atoms with Gasteiger partial charge in [0.1, 0.15) is 0 Å². The summed E-state index contributed by atoms with van der Waals surface area (Å²) in [5, 5.41) is -2.46. The van der Waals surface area contributed by atoms with Crippen LogP contribution in [0.5, 0.6) is 0 Å². The molecule has 1 fully saturated rings. The van der Waals surface area contributed by atoms with Crippen molar-refractivity contribution < 1.29 is 12.8 Å². The molecule has 0 aromatic rings. The van der Waals surface area contributed by atoms with Crippen molar-refractivity contribution in [2.24, 2.45) is 0 Å². The standard InChI is InChI=1S/C11H21FO2S/c1-3-9-11(2,12)15(13,14)10-7-5-4-6-8-10/h10H,3-9H2,1-2H3. The second kappa shape index (κ2) is 4.81. The molecule has 1 unspecified atom stereocenters. The molecule has 15 heavy (non-hydrogen) atoms. The average molecular weight is 236 g/mol. The molecule has 1 atom stereocenters. The van der Waals surface area contributed by atoms with Crippen LogP contribution in [0.15, 0.2) is 0 Å². The van der Waals surface area contributed by atoms with Crippen molar-refractivity contribution >= 4 is 9.84 Å². The maximum Gasteiger partial charge on any atom is 0.208 e. The molecule has 2 nitrogen and oxygen atoms in total. The zero-order chi connectivity index (χ0) is 11.5. The summed E-state index contributed by atoms with van der Waals surface area (Å²) in [5.41, 5.74) is 0. The summed E-state index contributed by atoms with van der Waals surface area (Å²) in [5.74, 6) is 0. The van der Waals surface area contributed by atoms with Gasteiger partial charge in [0.2, 0.25) is 5.00 Å². The van der Waals surface area contributed by atoms with Gasteiger partial charge in [-0.1, -0.05) is 32.6 Å². The minimum atomic E-state index is -3.59. The van der Waals surface area contributed by atoms with E-state index in [1.807, 2.05) is 6.92 Å². The summed E-state index contributed by atoms with van der Waals surface area (Å²) in [7, 11) is -3.59. The van der Waals surface area contributed by atoms with Gasteiger partial charge in [-0.25, -0.2) is 12.8 Å². The Balaban J connectivity index is 2.80. The van der Waals surface area contributed by atoms with Gasteiger partial charge < -0.3 is 0 Å². The van der Waals surface area contributed by atoms with E-state index in [0.717, 1.165) is 19.3 Å². The maximum absolute atomic E-state index is 14.1. The molecule has 0 amide bonds. The molecule has 1 aliphatic rings. The van der Waals surface area contributed by atoms with E-state index in [1.165, 1.54) is 6.92 Å². The van der Waals surface area contributed by atoms with E-state index in [0.29, 0.717) is 19.3 Å². The highest BCUT2D eigenvalue weighted by Crippen LogP contribution is 2.34. The van der Waals surface area contributed by atoms with E-state index in [4.69, 9.17) is 0 Å². The Hall–Kier alpha value is -0.120. The fourth-order valence-electron chi connectivity index (χ4n) is 2.31.